The van der Waals surface area contributed by atoms with Crippen molar-refractivity contribution in [2.75, 3.05) is 20.1 Å². The van der Waals surface area contributed by atoms with E-state index in [-0.39, 0.29) is 22.8 Å². The van der Waals surface area contributed by atoms with Gasteiger partial charge in [0.1, 0.15) is 5.82 Å². The van der Waals surface area contributed by atoms with Gasteiger partial charge in [-0.05, 0) is 37.2 Å². The van der Waals surface area contributed by atoms with E-state index in [2.05, 4.69) is 23.0 Å². The summed E-state index contributed by atoms with van der Waals surface area (Å²) in [6.07, 6.45) is 5.25. The van der Waals surface area contributed by atoms with Crippen LogP contribution in [0, 0.1) is 5.82 Å². The molecule has 0 atom stereocenters. The lowest BCUT2D eigenvalue weighted by Crippen LogP contribution is -2.23. The summed E-state index contributed by atoms with van der Waals surface area (Å²) in [4.78, 5) is 5.48. The Morgan fingerprint density at radius 3 is 2.89 bits per heavy atom. The fourth-order valence-corrected chi connectivity index (χ4v) is 2.37. The smallest absolute Gasteiger partial charge is 0.123 e. The molecule has 96 valence electrons. The van der Waals surface area contributed by atoms with Crippen LogP contribution in [0.1, 0.15) is 12.0 Å². The second-order valence-electron chi connectivity index (χ2n) is 4.63. The van der Waals surface area contributed by atoms with Gasteiger partial charge in [-0.2, -0.15) is 0 Å². The molecule has 0 saturated carbocycles. The van der Waals surface area contributed by atoms with E-state index in [0.717, 1.165) is 36.0 Å². The molecule has 18 heavy (non-hydrogen) atoms. The van der Waals surface area contributed by atoms with Gasteiger partial charge in [0.25, 0.3) is 0 Å². The van der Waals surface area contributed by atoms with Gasteiger partial charge < -0.3 is 9.88 Å². The molecule has 1 N–H and O–H groups in total. The lowest BCUT2D eigenvalue weighted by atomic mass is 9.99. The Morgan fingerprint density at radius 2 is 2.17 bits per heavy atom. The van der Waals surface area contributed by atoms with Crippen molar-refractivity contribution in [2.24, 2.45) is 0 Å². The summed E-state index contributed by atoms with van der Waals surface area (Å²) < 4.78 is 13.3. The molecule has 3 rings (SSSR count). The van der Waals surface area contributed by atoms with Crippen molar-refractivity contribution in [3.8, 4) is 0 Å². The molecule has 1 aliphatic rings. The Labute approximate surface area is 116 Å². The summed E-state index contributed by atoms with van der Waals surface area (Å²) in [6.45, 7) is 2.03. The molecule has 4 heteroatoms. The number of H-pyrrole nitrogens is 1. The normalized spacial score (nSPS) is 16.4. The molecule has 1 aromatic carbocycles. The SMILES string of the molecule is Br.CN1CC=C(c2c[nH]c3ccc(F)cc23)CC1. The number of aromatic amines is 1. The summed E-state index contributed by atoms with van der Waals surface area (Å²) in [7, 11) is 2.11. The summed E-state index contributed by atoms with van der Waals surface area (Å²) >= 11 is 0. The van der Waals surface area contributed by atoms with Gasteiger partial charge in [-0.25, -0.2) is 4.39 Å². The lowest BCUT2D eigenvalue weighted by Gasteiger charge is -2.21. The van der Waals surface area contributed by atoms with Crippen molar-refractivity contribution in [2.45, 2.75) is 6.42 Å². The van der Waals surface area contributed by atoms with Gasteiger partial charge in [0.05, 0.1) is 0 Å². The molecule has 1 aliphatic heterocycles. The summed E-state index contributed by atoms with van der Waals surface area (Å²) in [5.74, 6) is -0.174. The van der Waals surface area contributed by atoms with Crippen molar-refractivity contribution < 1.29 is 4.39 Å². The first-order chi connectivity index (χ1) is 8.24. The van der Waals surface area contributed by atoms with Crippen LogP contribution >= 0.6 is 17.0 Å². The molecule has 2 nitrogen and oxygen atoms in total. The highest BCUT2D eigenvalue weighted by Crippen LogP contribution is 2.29. The average molecular weight is 311 g/mol. The Hall–Kier alpha value is -1.13. The Bertz CT molecular complexity index is 588. The van der Waals surface area contributed by atoms with Crippen LogP contribution in [0.25, 0.3) is 16.5 Å². The number of benzene rings is 1. The van der Waals surface area contributed by atoms with Crippen LogP contribution in [0.2, 0.25) is 0 Å². The van der Waals surface area contributed by atoms with Crippen molar-refractivity contribution in [3.05, 3.63) is 41.9 Å². The van der Waals surface area contributed by atoms with Crippen LogP contribution in [0.3, 0.4) is 0 Å². The van der Waals surface area contributed by atoms with E-state index in [1.807, 2.05) is 6.20 Å². The van der Waals surface area contributed by atoms with Crippen LogP contribution in [-0.2, 0) is 0 Å². The molecule has 0 unspecified atom stereocenters. The molecule has 2 aromatic rings. The number of nitrogens with one attached hydrogen (secondary N) is 1. The predicted octanol–water partition coefficient (Wildman–Crippen LogP) is 3.60. The molecule has 0 saturated heterocycles. The highest BCUT2D eigenvalue weighted by molar-refractivity contribution is 8.93. The van der Waals surface area contributed by atoms with E-state index >= 15 is 0 Å². The molecular formula is C14H16BrFN2. The van der Waals surface area contributed by atoms with Gasteiger partial charge in [0.15, 0.2) is 0 Å². The van der Waals surface area contributed by atoms with Crippen molar-refractivity contribution in [1.29, 1.82) is 0 Å². The Balaban J connectivity index is 0.00000120. The molecule has 0 bridgehead atoms. The zero-order valence-electron chi connectivity index (χ0n) is 10.2. The third-order valence-electron chi connectivity index (χ3n) is 3.40. The third kappa shape index (κ3) is 2.35. The van der Waals surface area contributed by atoms with E-state index in [4.69, 9.17) is 0 Å². The van der Waals surface area contributed by atoms with Gasteiger partial charge in [-0.15, -0.1) is 17.0 Å². The number of fused-ring (bicyclic) bond motifs is 1. The van der Waals surface area contributed by atoms with Crippen molar-refractivity contribution in [3.63, 3.8) is 0 Å². The lowest BCUT2D eigenvalue weighted by molar-refractivity contribution is 0.370. The first-order valence-electron chi connectivity index (χ1n) is 5.88. The van der Waals surface area contributed by atoms with Gasteiger partial charge in [0, 0.05) is 35.8 Å². The van der Waals surface area contributed by atoms with Gasteiger partial charge in [0.2, 0.25) is 0 Å². The van der Waals surface area contributed by atoms with E-state index in [9.17, 15) is 4.39 Å². The molecule has 2 heterocycles. The van der Waals surface area contributed by atoms with Crippen LogP contribution < -0.4 is 0 Å². The quantitative estimate of drug-likeness (QED) is 0.852. The number of rotatable bonds is 1. The van der Waals surface area contributed by atoms with Crippen molar-refractivity contribution >= 4 is 33.5 Å². The number of nitrogens with zero attached hydrogens (tertiary/aromatic N) is 1. The van der Waals surface area contributed by atoms with E-state index < -0.39 is 0 Å². The van der Waals surface area contributed by atoms with Gasteiger partial charge in [-0.3, -0.25) is 0 Å². The van der Waals surface area contributed by atoms with Crippen LogP contribution in [0.5, 0.6) is 0 Å². The molecule has 1 aromatic heterocycles. The van der Waals surface area contributed by atoms with Crippen LogP contribution in [0.15, 0.2) is 30.5 Å². The predicted molar refractivity (Wildman–Crippen MR) is 78.7 cm³/mol. The monoisotopic (exact) mass is 310 g/mol. The third-order valence-corrected chi connectivity index (χ3v) is 3.40. The minimum atomic E-state index is -0.174. The highest BCUT2D eigenvalue weighted by atomic mass is 79.9. The molecule has 0 radical (unpaired) electrons. The topological polar surface area (TPSA) is 19.0 Å². The number of aromatic nitrogens is 1. The largest absolute Gasteiger partial charge is 0.361 e. The first kappa shape index (κ1) is 13.3. The molecule has 0 fully saturated rings. The maximum absolute atomic E-state index is 13.3. The fourth-order valence-electron chi connectivity index (χ4n) is 2.37. The minimum Gasteiger partial charge on any atom is -0.361 e. The van der Waals surface area contributed by atoms with E-state index in [1.54, 1.807) is 12.1 Å². The molecule has 0 amide bonds. The average Bonchev–Trinajstić information content (AvgIpc) is 2.73. The fraction of sp³-hybridized carbons (Fsp3) is 0.286. The van der Waals surface area contributed by atoms with Gasteiger partial charge >= 0.3 is 0 Å². The standard InChI is InChI=1S/C14H15FN2.BrH/c1-17-6-4-10(5-7-17)13-9-16-14-3-2-11(15)8-12(13)14;/h2-4,8-9,16H,5-7H2,1H3;1H. The Morgan fingerprint density at radius 1 is 1.33 bits per heavy atom. The van der Waals surface area contributed by atoms with Crippen LogP contribution in [-0.4, -0.2) is 30.0 Å². The zero-order chi connectivity index (χ0) is 11.8. The second kappa shape index (κ2) is 5.24. The maximum Gasteiger partial charge on any atom is 0.123 e. The van der Waals surface area contributed by atoms with Crippen molar-refractivity contribution in [1.82, 2.24) is 9.88 Å². The zero-order valence-corrected chi connectivity index (χ0v) is 12.0. The highest BCUT2D eigenvalue weighted by Gasteiger charge is 2.13. The Kier molecular flexibility index (Phi) is 3.88. The number of likely N-dealkylation sites (N-methyl/N-ethyl adjacent to an activating group) is 1. The molecule has 0 aliphatic carbocycles. The first-order valence-corrected chi connectivity index (χ1v) is 5.88. The van der Waals surface area contributed by atoms with E-state index in [1.165, 1.54) is 11.6 Å². The number of halogens is 2. The minimum absolute atomic E-state index is 0. The number of hydrogen-bond donors (Lipinski definition) is 1. The summed E-state index contributed by atoms with van der Waals surface area (Å²) in [5, 5.41) is 0.987. The van der Waals surface area contributed by atoms with E-state index in [0.29, 0.717) is 0 Å². The maximum atomic E-state index is 13.3. The molecular weight excluding hydrogens is 295 g/mol. The van der Waals surface area contributed by atoms with Gasteiger partial charge in [-0.1, -0.05) is 6.08 Å². The summed E-state index contributed by atoms with van der Waals surface area (Å²) in [5.41, 5.74) is 3.47. The molecule has 0 spiro atoms. The number of hydrogen-bond acceptors (Lipinski definition) is 1. The summed E-state index contributed by atoms with van der Waals surface area (Å²) in [6, 6.07) is 4.90. The second-order valence-corrected chi connectivity index (χ2v) is 4.63. The van der Waals surface area contributed by atoms with Crippen LogP contribution in [0.4, 0.5) is 4.39 Å².